The summed E-state index contributed by atoms with van der Waals surface area (Å²) in [6.07, 6.45) is 0.676. The second kappa shape index (κ2) is 6.52. The zero-order valence-corrected chi connectivity index (χ0v) is 14.7. The molecule has 0 aliphatic carbocycles. The molecule has 0 saturated carbocycles. The Bertz CT molecular complexity index is 785. The fraction of sp³-hybridized carbons (Fsp3) is 0.467. The third-order valence-corrected chi connectivity index (χ3v) is 7.06. The van der Waals surface area contributed by atoms with Gasteiger partial charge in [-0.25, -0.2) is 8.42 Å². The largest absolute Gasteiger partial charge is 0.486 e. The number of benzene rings is 1. The highest BCUT2D eigenvalue weighted by molar-refractivity contribution is 8.01. The Morgan fingerprint density at radius 2 is 2.04 bits per heavy atom. The number of thioether (sulfide) groups is 1. The van der Waals surface area contributed by atoms with E-state index in [2.05, 4.69) is 10.2 Å². The van der Waals surface area contributed by atoms with Crippen molar-refractivity contribution in [2.45, 2.75) is 30.4 Å². The van der Waals surface area contributed by atoms with Crippen molar-refractivity contribution >= 4 is 21.6 Å². The molecule has 1 atom stereocenters. The minimum absolute atomic E-state index is 0.0637. The summed E-state index contributed by atoms with van der Waals surface area (Å²) in [4.78, 5) is 0. The van der Waals surface area contributed by atoms with Crippen LogP contribution in [0.5, 0.6) is 5.75 Å². The van der Waals surface area contributed by atoms with Gasteiger partial charge in [-0.15, -0.1) is 10.2 Å². The zero-order chi connectivity index (χ0) is 16.4. The number of ether oxygens (including phenoxy) is 1. The maximum Gasteiger partial charge on any atom is 0.191 e. The van der Waals surface area contributed by atoms with Crippen LogP contribution in [-0.4, -0.2) is 39.9 Å². The minimum Gasteiger partial charge on any atom is -0.486 e. The molecule has 2 heterocycles. The first-order valence-corrected chi connectivity index (χ1v) is 10.1. The van der Waals surface area contributed by atoms with Crippen LogP contribution in [0, 0.1) is 6.92 Å². The van der Waals surface area contributed by atoms with E-state index in [1.165, 1.54) is 17.3 Å². The molecule has 1 aromatic heterocycles. The van der Waals surface area contributed by atoms with E-state index in [1.807, 2.05) is 42.8 Å². The standard InChI is InChI=1S/C15H19N3O3S2/c1-11-3-5-12(6-4-11)21-9-14-16-17-15(18(14)2)22-13-7-8-23(19,20)10-13/h3-6,13H,7-10H2,1-2H3. The topological polar surface area (TPSA) is 74.1 Å². The Hall–Kier alpha value is -1.54. The van der Waals surface area contributed by atoms with Crippen LogP contribution in [0.15, 0.2) is 29.4 Å². The van der Waals surface area contributed by atoms with Crippen LogP contribution in [0.25, 0.3) is 0 Å². The molecule has 23 heavy (non-hydrogen) atoms. The van der Waals surface area contributed by atoms with E-state index < -0.39 is 9.84 Å². The van der Waals surface area contributed by atoms with Crippen molar-refractivity contribution < 1.29 is 13.2 Å². The second-order valence-electron chi connectivity index (χ2n) is 5.70. The second-order valence-corrected chi connectivity index (χ2v) is 9.20. The summed E-state index contributed by atoms with van der Waals surface area (Å²) in [5, 5.41) is 9.09. The number of hydrogen-bond donors (Lipinski definition) is 0. The van der Waals surface area contributed by atoms with Crippen LogP contribution in [0.3, 0.4) is 0 Å². The lowest BCUT2D eigenvalue weighted by Crippen LogP contribution is -2.08. The van der Waals surface area contributed by atoms with E-state index >= 15 is 0 Å². The molecule has 2 aromatic rings. The van der Waals surface area contributed by atoms with E-state index in [1.54, 1.807) is 0 Å². The number of aryl methyl sites for hydroxylation is 1. The van der Waals surface area contributed by atoms with Crippen LogP contribution in [0.4, 0.5) is 0 Å². The van der Waals surface area contributed by atoms with Crippen LogP contribution in [0.1, 0.15) is 17.8 Å². The number of nitrogens with zero attached hydrogens (tertiary/aromatic N) is 3. The van der Waals surface area contributed by atoms with Gasteiger partial charge in [0.1, 0.15) is 12.4 Å². The Labute approximate surface area is 140 Å². The monoisotopic (exact) mass is 353 g/mol. The third kappa shape index (κ3) is 4.06. The summed E-state index contributed by atoms with van der Waals surface area (Å²) in [6.45, 7) is 2.36. The zero-order valence-electron chi connectivity index (χ0n) is 13.1. The summed E-state index contributed by atoms with van der Waals surface area (Å²) < 4.78 is 30.6. The van der Waals surface area contributed by atoms with Crippen LogP contribution in [0.2, 0.25) is 0 Å². The summed E-state index contributed by atoms with van der Waals surface area (Å²) >= 11 is 1.48. The molecule has 124 valence electrons. The SMILES string of the molecule is Cc1ccc(OCc2nnc(SC3CCS(=O)(=O)C3)n2C)cc1. The number of sulfone groups is 1. The molecule has 1 aliphatic rings. The third-order valence-electron chi connectivity index (χ3n) is 3.78. The van der Waals surface area contributed by atoms with E-state index in [4.69, 9.17) is 4.74 Å². The molecule has 0 N–H and O–H groups in total. The summed E-state index contributed by atoms with van der Waals surface area (Å²) in [6, 6.07) is 7.83. The molecule has 0 spiro atoms. The summed E-state index contributed by atoms with van der Waals surface area (Å²) in [7, 11) is -1.000. The molecule has 1 unspecified atom stereocenters. The van der Waals surface area contributed by atoms with Crippen molar-refractivity contribution in [2.75, 3.05) is 11.5 Å². The van der Waals surface area contributed by atoms with Gasteiger partial charge in [-0.3, -0.25) is 0 Å². The molecule has 6 nitrogen and oxygen atoms in total. The first-order valence-electron chi connectivity index (χ1n) is 7.38. The van der Waals surface area contributed by atoms with Crippen molar-refractivity contribution in [3.05, 3.63) is 35.7 Å². The maximum atomic E-state index is 11.5. The van der Waals surface area contributed by atoms with Crippen LogP contribution in [-0.2, 0) is 23.5 Å². The van der Waals surface area contributed by atoms with Gasteiger partial charge in [-0.05, 0) is 25.5 Å². The van der Waals surface area contributed by atoms with Gasteiger partial charge in [-0.1, -0.05) is 29.5 Å². The fourth-order valence-corrected chi connectivity index (χ4v) is 5.83. The summed E-state index contributed by atoms with van der Waals surface area (Å²) in [5.41, 5.74) is 1.18. The highest BCUT2D eigenvalue weighted by Crippen LogP contribution is 2.29. The number of aromatic nitrogens is 3. The van der Waals surface area contributed by atoms with Crippen molar-refractivity contribution in [3.8, 4) is 5.75 Å². The molecule has 1 saturated heterocycles. The quantitative estimate of drug-likeness (QED) is 0.818. The van der Waals surface area contributed by atoms with Gasteiger partial charge in [0.05, 0.1) is 11.5 Å². The van der Waals surface area contributed by atoms with Crippen molar-refractivity contribution in [1.29, 1.82) is 0 Å². The highest BCUT2D eigenvalue weighted by atomic mass is 32.2. The van der Waals surface area contributed by atoms with Gasteiger partial charge in [0.15, 0.2) is 20.8 Å². The Morgan fingerprint density at radius 3 is 2.70 bits per heavy atom. The first kappa shape index (κ1) is 16.3. The first-order chi connectivity index (χ1) is 10.9. The molecule has 8 heteroatoms. The predicted octanol–water partition coefficient (Wildman–Crippen LogP) is 1.98. The van der Waals surface area contributed by atoms with Crippen LogP contribution < -0.4 is 4.74 Å². The summed E-state index contributed by atoms with van der Waals surface area (Å²) in [5.74, 6) is 2.00. The fourth-order valence-electron chi connectivity index (χ4n) is 2.36. The van der Waals surface area contributed by atoms with Crippen molar-refractivity contribution in [1.82, 2.24) is 14.8 Å². The smallest absolute Gasteiger partial charge is 0.191 e. The Balaban J connectivity index is 1.61. The van der Waals surface area contributed by atoms with Gasteiger partial charge in [-0.2, -0.15) is 0 Å². The average Bonchev–Trinajstić information content (AvgIpc) is 3.02. The van der Waals surface area contributed by atoms with Gasteiger partial charge >= 0.3 is 0 Å². The van der Waals surface area contributed by atoms with E-state index in [9.17, 15) is 8.42 Å². The van der Waals surface area contributed by atoms with Crippen LogP contribution >= 0.6 is 11.8 Å². The molecule has 0 bridgehead atoms. The Kier molecular flexibility index (Phi) is 4.63. The molecule has 3 rings (SSSR count). The van der Waals surface area contributed by atoms with E-state index in [-0.39, 0.29) is 16.8 Å². The Morgan fingerprint density at radius 1 is 1.30 bits per heavy atom. The van der Waals surface area contributed by atoms with Crippen molar-refractivity contribution in [3.63, 3.8) is 0 Å². The molecular weight excluding hydrogens is 334 g/mol. The molecular formula is C15H19N3O3S2. The highest BCUT2D eigenvalue weighted by Gasteiger charge is 2.30. The molecule has 0 amide bonds. The molecule has 1 aromatic carbocycles. The molecule has 1 fully saturated rings. The minimum atomic E-state index is -2.87. The lowest BCUT2D eigenvalue weighted by molar-refractivity contribution is 0.290. The van der Waals surface area contributed by atoms with E-state index in [0.717, 1.165) is 10.9 Å². The lowest BCUT2D eigenvalue weighted by atomic mass is 10.2. The molecule has 1 aliphatic heterocycles. The van der Waals surface area contributed by atoms with Gasteiger partial charge < -0.3 is 9.30 Å². The van der Waals surface area contributed by atoms with Crippen molar-refractivity contribution in [2.24, 2.45) is 7.05 Å². The average molecular weight is 353 g/mol. The normalized spacial score (nSPS) is 19.8. The van der Waals surface area contributed by atoms with Gasteiger partial charge in [0.25, 0.3) is 0 Å². The maximum absolute atomic E-state index is 11.5. The predicted molar refractivity (Wildman–Crippen MR) is 89.4 cm³/mol. The van der Waals surface area contributed by atoms with E-state index in [0.29, 0.717) is 18.9 Å². The lowest BCUT2D eigenvalue weighted by Gasteiger charge is -2.08. The molecule has 0 radical (unpaired) electrons. The van der Waals surface area contributed by atoms with Gasteiger partial charge in [0.2, 0.25) is 0 Å². The van der Waals surface area contributed by atoms with Gasteiger partial charge in [0, 0.05) is 12.3 Å². The number of hydrogen-bond acceptors (Lipinski definition) is 6. The number of rotatable bonds is 5.